The molecule has 0 unspecified atom stereocenters. The molecule has 1 saturated heterocycles. The summed E-state index contributed by atoms with van der Waals surface area (Å²) >= 11 is 0. The van der Waals surface area contributed by atoms with E-state index in [1.807, 2.05) is 7.05 Å². The molecular weight excluding hydrogens is 347 g/mol. The third-order valence-corrected chi connectivity index (χ3v) is 5.20. The fourth-order valence-corrected chi connectivity index (χ4v) is 3.59. The van der Waals surface area contributed by atoms with Gasteiger partial charge < -0.3 is 14.5 Å². The summed E-state index contributed by atoms with van der Waals surface area (Å²) in [5.74, 6) is -0.268. The molecule has 7 heteroatoms. The van der Waals surface area contributed by atoms with Crippen molar-refractivity contribution in [1.82, 2.24) is 19.4 Å². The molecule has 0 saturated carbocycles. The second-order valence-electron chi connectivity index (χ2n) is 6.98. The summed E-state index contributed by atoms with van der Waals surface area (Å²) in [6.07, 6.45) is 6.25. The van der Waals surface area contributed by atoms with E-state index in [0.29, 0.717) is 11.3 Å². The Morgan fingerprint density at radius 3 is 2.74 bits per heavy atom. The van der Waals surface area contributed by atoms with E-state index in [9.17, 15) is 9.18 Å². The monoisotopic (exact) mass is 374 g/mol. The van der Waals surface area contributed by atoms with Gasteiger partial charge in [0.15, 0.2) is 11.6 Å². The van der Waals surface area contributed by atoms with E-state index >= 15 is 0 Å². The fraction of sp³-hybridized carbons (Fsp3) is 0.500. The summed E-state index contributed by atoms with van der Waals surface area (Å²) in [4.78, 5) is 21.3. The zero-order valence-corrected chi connectivity index (χ0v) is 16.2. The molecule has 2 aromatic rings. The number of benzene rings is 1. The van der Waals surface area contributed by atoms with E-state index in [1.165, 1.54) is 24.1 Å². The van der Waals surface area contributed by atoms with Gasteiger partial charge in [-0.25, -0.2) is 14.2 Å². The summed E-state index contributed by atoms with van der Waals surface area (Å²) in [6.45, 7) is 5.35. The summed E-state index contributed by atoms with van der Waals surface area (Å²) in [5.41, 5.74) is 1.16. The lowest BCUT2D eigenvalue weighted by atomic mass is 10.0. The third-order valence-electron chi connectivity index (χ3n) is 5.20. The van der Waals surface area contributed by atoms with Crippen molar-refractivity contribution < 1.29 is 13.9 Å². The average Bonchev–Trinajstić information content (AvgIpc) is 3.18. The summed E-state index contributed by atoms with van der Waals surface area (Å²) in [5, 5.41) is 0. The van der Waals surface area contributed by atoms with Crippen LogP contribution >= 0.6 is 0 Å². The number of carbonyl (C=O) groups is 1. The lowest BCUT2D eigenvalue weighted by Gasteiger charge is -2.36. The Hall–Kier alpha value is -2.41. The number of rotatable bonds is 5. The van der Waals surface area contributed by atoms with Crippen LogP contribution in [0.15, 0.2) is 30.7 Å². The highest BCUT2D eigenvalue weighted by atomic mass is 19.1. The zero-order chi connectivity index (χ0) is 19.4. The molecular formula is C20H27FN4O2. The fourth-order valence-electron chi connectivity index (χ4n) is 3.59. The molecule has 1 aromatic heterocycles. The number of hydrogen-bond acceptors (Lipinski definition) is 4. The molecule has 3 rings (SSSR count). The van der Waals surface area contributed by atoms with Crippen LogP contribution in [0.3, 0.4) is 0 Å². The molecule has 146 valence electrons. The molecule has 1 amide bonds. The van der Waals surface area contributed by atoms with Gasteiger partial charge in [-0.1, -0.05) is 6.92 Å². The Morgan fingerprint density at radius 2 is 2.11 bits per heavy atom. The number of piperidine rings is 1. The second kappa shape index (κ2) is 8.52. The number of carbonyl (C=O) groups excluding carboxylic acids is 1. The van der Waals surface area contributed by atoms with Gasteiger partial charge in [0, 0.05) is 37.9 Å². The van der Waals surface area contributed by atoms with Crippen LogP contribution in [0.1, 0.15) is 26.2 Å². The Balaban J connectivity index is 1.67. The van der Waals surface area contributed by atoms with E-state index in [1.54, 1.807) is 23.2 Å². The Labute approximate surface area is 159 Å². The summed E-state index contributed by atoms with van der Waals surface area (Å²) < 4.78 is 20.3. The van der Waals surface area contributed by atoms with E-state index < -0.39 is 5.82 Å². The van der Waals surface area contributed by atoms with Gasteiger partial charge in [0.25, 0.3) is 0 Å². The lowest BCUT2D eigenvalue weighted by Crippen LogP contribution is -2.46. The maximum atomic E-state index is 13.9. The van der Waals surface area contributed by atoms with Crippen molar-refractivity contribution in [2.24, 2.45) is 0 Å². The maximum Gasteiger partial charge on any atom is 0.329 e. The van der Waals surface area contributed by atoms with Crippen LogP contribution in [0.2, 0.25) is 0 Å². The molecule has 2 heterocycles. The van der Waals surface area contributed by atoms with Gasteiger partial charge in [-0.05, 0) is 44.0 Å². The molecule has 0 aliphatic carbocycles. The number of hydrogen-bond donors (Lipinski definition) is 0. The van der Waals surface area contributed by atoms with Crippen LogP contribution in [0.25, 0.3) is 11.3 Å². The van der Waals surface area contributed by atoms with Crippen molar-refractivity contribution >= 4 is 6.03 Å². The average molecular weight is 374 g/mol. The number of imidazole rings is 1. The quantitative estimate of drug-likeness (QED) is 0.804. The highest BCUT2D eigenvalue weighted by Gasteiger charge is 2.26. The van der Waals surface area contributed by atoms with Crippen molar-refractivity contribution in [1.29, 1.82) is 0 Å². The zero-order valence-electron chi connectivity index (χ0n) is 16.2. The standard InChI is InChI=1S/C20H27FN4O2/c1-4-9-24-10-7-16(8-11-24)23(2)20(26)25-13-18(22-14-25)15-5-6-19(27-3)17(21)12-15/h5-6,12-14,16H,4,7-11H2,1-3H3. The SMILES string of the molecule is CCCN1CCC(N(C)C(=O)n2cnc(-c3ccc(OC)c(F)c3)c2)CC1. The number of methoxy groups -OCH3 is 1. The number of amides is 1. The second-order valence-corrected chi connectivity index (χ2v) is 6.98. The molecule has 6 nitrogen and oxygen atoms in total. The molecule has 0 radical (unpaired) electrons. The minimum atomic E-state index is -0.452. The Morgan fingerprint density at radius 1 is 1.37 bits per heavy atom. The van der Waals surface area contributed by atoms with E-state index in [2.05, 4.69) is 16.8 Å². The minimum Gasteiger partial charge on any atom is -0.494 e. The van der Waals surface area contributed by atoms with Crippen LogP contribution in [0, 0.1) is 5.82 Å². The molecule has 0 atom stereocenters. The van der Waals surface area contributed by atoms with Crippen LogP contribution in [0.5, 0.6) is 5.75 Å². The first-order chi connectivity index (χ1) is 13.0. The van der Waals surface area contributed by atoms with E-state index in [4.69, 9.17) is 4.74 Å². The van der Waals surface area contributed by atoms with Crippen LogP contribution in [-0.2, 0) is 0 Å². The van der Waals surface area contributed by atoms with Crippen LogP contribution < -0.4 is 4.74 Å². The number of aromatic nitrogens is 2. The number of halogens is 1. The normalized spacial score (nSPS) is 15.7. The van der Waals surface area contributed by atoms with Crippen molar-refractivity contribution in [3.63, 3.8) is 0 Å². The van der Waals surface area contributed by atoms with Crippen LogP contribution in [-0.4, -0.2) is 65.2 Å². The molecule has 0 bridgehead atoms. The predicted molar refractivity (Wildman–Crippen MR) is 102 cm³/mol. The van der Waals surface area contributed by atoms with Crippen molar-refractivity contribution in [2.75, 3.05) is 33.8 Å². The highest BCUT2D eigenvalue weighted by molar-refractivity contribution is 5.78. The van der Waals surface area contributed by atoms with E-state index in [0.717, 1.165) is 38.9 Å². The van der Waals surface area contributed by atoms with Crippen LogP contribution in [0.4, 0.5) is 9.18 Å². The van der Waals surface area contributed by atoms with Crippen molar-refractivity contribution in [3.05, 3.63) is 36.5 Å². The largest absolute Gasteiger partial charge is 0.494 e. The van der Waals surface area contributed by atoms with Gasteiger partial charge in [0.2, 0.25) is 0 Å². The van der Waals surface area contributed by atoms with Gasteiger partial charge >= 0.3 is 6.03 Å². The van der Waals surface area contributed by atoms with E-state index in [-0.39, 0.29) is 17.8 Å². The van der Waals surface area contributed by atoms with Gasteiger partial charge in [0.05, 0.1) is 12.8 Å². The first kappa shape index (κ1) is 19.4. The molecule has 0 spiro atoms. The lowest BCUT2D eigenvalue weighted by molar-refractivity contribution is 0.135. The highest BCUT2D eigenvalue weighted by Crippen LogP contribution is 2.24. The predicted octanol–water partition coefficient (Wildman–Crippen LogP) is 3.47. The smallest absolute Gasteiger partial charge is 0.329 e. The molecule has 1 aromatic carbocycles. The van der Waals surface area contributed by atoms with Gasteiger partial charge in [-0.3, -0.25) is 4.57 Å². The first-order valence-corrected chi connectivity index (χ1v) is 9.41. The minimum absolute atomic E-state index is 0.114. The summed E-state index contributed by atoms with van der Waals surface area (Å²) in [6, 6.07) is 4.77. The van der Waals surface area contributed by atoms with Crippen molar-refractivity contribution in [3.8, 4) is 17.0 Å². The Bertz CT molecular complexity index is 784. The molecule has 1 aliphatic rings. The molecule has 0 N–H and O–H groups in total. The van der Waals surface area contributed by atoms with Gasteiger partial charge in [0.1, 0.15) is 6.33 Å². The molecule has 1 fully saturated rings. The van der Waals surface area contributed by atoms with Gasteiger partial charge in [-0.2, -0.15) is 0 Å². The molecule has 1 aliphatic heterocycles. The first-order valence-electron chi connectivity index (χ1n) is 9.41. The number of ether oxygens (including phenoxy) is 1. The maximum absolute atomic E-state index is 13.9. The number of likely N-dealkylation sites (tertiary alicyclic amines) is 1. The van der Waals surface area contributed by atoms with Crippen molar-refractivity contribution in [2.45, 2.75) is 32.2 Å². The molecule has 27 heavy (non-hydrogen) atoms. The van der Waals surface area contributed by atoms with Gasteiger partial charge in [-0.15, -0.1) is 0 Å². The Kier molecular flexibility index (Phi) is 6.11. The number of nitrogens with zero attached hydrogens (tertiary/aromatic N) is 4. The topological polar surface area (TPSA) is 50.6 Å². The summed E-state index contributed by atoms with van der Waals surface area (Å²) in [7, 11) is 3.27. The third kappa shape index (κ3) is 4.30.